The van der Waals surface area contributed by atoms with Gasteiger partial charge in [-0.15, -0.1) is 0 Å². The standard InChI is InChI=1S/C28H29Cl3N2O2/c1-3-19(2)32-28(35)26(15-20-7-5-4-6-8-20)33(18-21-9-12-23(29)13-10-21)27(34)16-22-11-14-24(30)17-25(22)31/h4-14,17,19,26H,3,15-16,18H2,1-2H3,(H,32,35)/t19-,26+/m1/s1. The van der Waals surface area contributed by atoms with E-state index in [2.05, 4.69) is 5.32 Å². The topological polar surface area (TPSA) is 49.4 Å². The van der Waals surface area contributed by atoms with Gasteiger partial charge in [0.25, 0.3) is 0 Å². The van der Waals surface area contributed by atoms with Gasteiger partial charge in [0, 0.05) is 34.1 Å². The van der Waals surface area contributed by atoms with Crippen LogP contribution in [0.2, 0.25) is 15.1 Å². The summed E-state index contributed by atoms with van der Waals surface area (Å²) in [4.78, 5) is 28.9. The summed E-state index contributed by atoms with van der Waals surface area (Å²) in [5.74, 6) is -0.392. The number of rotatable bonds is 10. The second kappa shape index (κ2) is 13.0. The number of hydrogen-bond donors (Lipinski definition) is 1. The van der Waals surface area contributed by atoms with Crippen molar-refractivity contribution in [2.75, 3.05) is 0 Å². The summed E-state index contributed by atoms with van der Waals surface area (Å²) in [7, 11) is 0. The number of nitrogens with one attached hydrogen (secondary N) is 1. The highest BCUT2D eigenvalue weighted by Crippen LogP contribution is 2.24. The molecule has 0 aliphatic heterocycles. The fraction of sp³-hybridized carbons (Fsp3) is 0.286. The fourth-order valence-electron chi connectivity index (χ4n) is 3.71. The molecular weight excluding hydrogens is 503 g/mol. The summed E-state index contributed by atoms with van der Waals surface area (Å²) in [5.41, 5.74) is 2.50. The molecule has 1 N–H and O–H groups in total. The zero-order valence-corrected chi connectivity index (χ0v) is 22.1. The van der Waals surface area contributed by atoms with Gasteiger partial charge in [-0.25, -0.2) is 0 Å². The summed E-state index contributed by atoms with van der Waals surface area (Å²) < 4.78 is 0. The summed E-state index contributed by atoms with van der Waals surface area (Å²) in [6, 6.07) is 21.3. The first-order chi connectivity index (χ1) is 16.8. The molecule has 0 saturated heterocycles. The Balaban J connectivity index is 1.98. The van der Waals surface area contributed by atoms with Crippen molar-refractivity contribution in [3.8, 4) is 0 Å². The lowest BCUT2D eigenvalue weighted by Crippen LogP contribution is -2.52. The number of carbonyl (C=O) groups excluding carboxylic acids is 2. The average molecular weight is 532 g/mol. The molecule has 4 nitrogen and oxygen atoms in total. The van der Waals surface area contributed by atoms with Crippen LogP contribution in [0.25, 0.3) is 0 Å². The van der Waals surface area contributed by atoms with Crippen LogP contribution in [0.3, 0.4) is 0 Å². The number of nitrogens with zero attached hydrogens (tertiary/aromatic N) is 1. The SMILES string of the molecule is CC[C@@H](C)NC(=O)[C@H](Cc1ccccc1)N(Cc1ccc(Cl)cc1)C(=O)Cc1ccc(Cl)cc1Cl. The zero-order chi connectivity index (χ0) is 25.4. The van der Waals surface area contributed by atoms with Crippen LogP contribution in [0.1, 0.15) is 37.0 Å². The van der Waals surface area contributed by atoms with Gasteiger partial charge in [0.2, 0.25) is 11.8 Å². The van der Waals surface area contributed by atoms with E-state index in [0.29, 0.717) is 27.1 Å². The van der Waals surface area contributed by atoms with Gasteiger partial charge in [-0.1, -0.05) is 90.3 Å². The first-order valence-electron chi connectivity index (χ1n) is 11.6. The predicted molar refractivity (Wildman–Crippen MR) is 144 cm³/mol. The average Bonchev–Trinajstić information content (AvgIpc) is 2.84. The summed E-state index contributed by atoms with van der Waals surface area (Å²) in [5, 5.41) is 4.59. The van der Waals surface area contributed by atoms with Gasteiger partial charge in [0.15, 0.2) is 0 Å². The molecule has 0 fully saturated rings. The molecule has 0 aliphatic rings. The van der Waals surface area contributed by atoms with Gasteiger partial charge in [-0.2, -0.15) is 0 Å². The van der Waals surface area contributed by atoms with Gasteiger partial charge in [-0.05, 0) is 54.3 Å². The normalized spacial score (nSPS) is 12.6. The third-order valence-corrected chi connectivity index (χ3v) is 6.73. The van der Waals surface area contributed by atoms with E-state index in [0.717, 1.165) is 17.5 Å². The highest BCUT2D eigenvalue weighted by molar-refractivity contribution is 6.35. The van der Waals surface area contributed by atoms with E-state index in [1.54, 1.807) is 35.2 Å². The molecule has 0 spiro atoms. The molecule has 0 aliphatic carbocycles. The van der Waals surface area contributed by atoms with Crippen molar-refractivity contribution >= 4 is 46.6 Å². The molecule has 0 aromatic heterocycles. The molecule has 3 aromatic carbocycles. The Labute approximate surface area is 222 Å². The minimum Gasteiger partial charge on any atom is -0.352 e. The van der Waals surface area contributed by atoms with Crippen LogP contribution in [-0.4, -0.2) is 28.8 Å². The molecule has 3 rings (SSSR count). The maximum absolute atomic E-state index is 13.7. The number of amides is 2. The van der Waals surface area contributed by atoms with Gasteiger partial charge < -0.3 is 10.2 Å². The zero-order valence-electron chi connectivity index (χ0n) is 19.8. The first-order valence-corrected chi connectivity index (χ1v) is 12.7. The van der Waals surface area contributed by atoms with Crippen molar-refractivity contribution in [1.29, 1.82) is 0 Å². The first kappa shape index (κ1) is 27.1. The minimum absolute atomic E-state index is 0.0148. The van der Waals surface area contributed by atoms with Crippen LogP contribution in [0.5, 0.6) is 0 Å². The van der Waals surface area contributed by atoms with Crippen LogP contribution in [0, 0.1) is 0 Å². The maximum Gasteiger partial charge on any atom is 0.243 e. The Hall–Kier alpha value is -2.53. The highest BCUT2D eigenvalue weighted by atomic mass is 35.5. The fourth-order valence-corrected chi connectivity index (χ4v) is 4.31. The lowest BCUT2D eigenvalue weighted by Gasteiger charge is -2.32. The monoisotopic (exact) mass is 530 g/mol. The maximum atomic E-state index is 13.7. The Morgan fingerprint density at radius 1 is 0.886 bits per heavy atom. The molecule has 2 atom stereocenters. The van der Waals surface area contributed by atoms with Crippen molar-refractivity contribution in [2.24, 2.45) is 0 Å². The Morgan fingerprint density at radius 3 is 2.17 bits per heavy atom. The van der Waals surface area contributed by atoms with E-state index in [4.69, 9.17) is 34.8 Å². The van der Waals surface area contributed by atoms with Crippen LogP contribution in [-0.2, 0) is 29.0 Å². The van der Waals surface area contributed by atoms with Crippen LogP contribution in [0.4, 0.5) is 0 Å². The number of carbonyl (C=O) groups is 2. The quantitative estimate of drug-likeness (QED) is 0.315. The Morgan fingerprint density at radius 2 is 1.54 bits per heavy atom. The van der Waals surface area contributed by atoms with Crippen LogP contribution < -0.4 is 5.32 Å². The van der Waals surface area contributed by atoms with Crippen LogP contribution in [0.15, 0.2) is 72.8 Å². The highest BCUT2D eigenvalue weighted by Gasteiger charge is 2.31. The molecule has 184 valence electrons. The van der Waals surface area contributed by atoms with Crippen molar-refractivity contribution in [1.82, 2.24) is 10.2 Å². The second-order valence-corrected chi connectivity index (χ2v) is 9.86. The third kappa shape index (κ3) is 7.99. The van der Waals surface area contributed by atoms with E-state index in [1.165, 1.54) is 0 Å². The van der Waals surface area contributed by atoms with E-state index >= 15 is 0 Å². The van der Waals surface area contributed by atoms with E-state index in [-0.39, 0.29) is 30.8 Å². The molecule has 7 heteroatoms. The summed E-state index contributed by atoms with van der Waals surface area (Å²) >= 11 is 18.5. The molecule has 0 saturated carbocycles. The Bertz CT molecular complexity index is 1140. The number of hydrogen-bond acceptors (Lipinski definition) is 2. The van der Waals surface area contributed by atoms with Crippen molar-refractivity contribution < 1.29 is 9.59 Å². The van der Waals surface area contributed by atoms with Crippen molar-refractivity contribution in [3.63, 3.8) is 0 Å². The summed E-state index contributed by atoms with van der Waals surface area (Å²) in [6.45, 7) is 4.22. The molecule has 2 amide bonds. The molecule has 0 radical (unpaired) electrons. The van der Waals surface area contributed by atoms with Gasteiger partial charge in [0.1, 0.15) is 6.04 Å². The Kier molecular flexibility index (Phi) is 10.0. The van der Waals surface area contributed by atoms with Gasteiger partial charge in [-0.3, -0.25) is 9.59 Å². The van der Waals surface area contributed by atoms with Crippen LogP contribution >= 0.6 is 34.8 Å². The molecule has 35 heavy (non-hydrogen) atoms. The molecule has 0 heterocycles. The lowest BCUT2D eigenvalue weighted by atomic mass is 10.0. The molecular formula is C28H29Cl3N2O2. The van der Waals surface area contributed by atoms with E-state index < -0.39 is 6.04 Å². The largest absolute Gasteiger partial charge is 0.352 e. The van der Waals surface area contributed by atoms with Gasteiger partial charge >= 0.3 is 0 Å². The van der Waals surface area contributed by atoms with Crippen molar-refractivity contribution in [2.45, 2.75) is 51.7 Å². The second-order valence-electron chi connectivity index (χ2n) is 8.58. The summed E-state index contributed by atoms with van der Waals surface area (Å²) in [6.07, 6.45) is 1.22. The molecule has 0 unspecified atom stereocenters. The van der Waals surface area contributed by atoms with E-state index in [9.17, 15) is 9.59 Å². The number of benzene rings is 3. The van der Waals surface area contributed by atoms with Gasteiger partial charge in [0.05, 0.1) is 6.42 Å². The molecule has 0 bridgehead atoms. The third-order valence-electron chi connectivity index (χ3n) is 5.90. The van der Waals surface area contributed by atoms with E-state index in [1.807, 2.05) is 56.3 Å². The minimum atomic E-state index is -0.708. The van der Waals surface area contributed by atoms with Crippen molar-refractivity contribution in [3.05, 3.63) is 105 Å². The smallest absolute Gasteiger partial charge is 0.243 e. The molecule has 3 aromatic rings. The lowest BCUT2D eigenvalue weighted by molar-refractivity contribution is -0.141. The number of halogens is 3. The predicted octanol–water partition coefficient (Wildman–Crippen LogP) is 6.74.